The molecule has 0 bridgehead atoms. The summed E-state index contributed by atoms with van der Waals surface area (Å²) in [6.07, 6.45) is -3.40. The molecule has 10 rings (SSSR count). The second kappa shape index (κ2) is 25.0. The number of carbonyl (C=O) groups excluding carboxylic acids is 5. The van der Waals surface area contributed by atoms with Gasteiger partial charge in [-0.25, -0.2) is 9.48 Å². The largest absolute Gasteiger partial charge is 0.452 e. The SMILES string of the molecule is Cn1nnnc1SCC(=O)COC1C(NC(=O)C(C(=O)OC(c2ccccc2)c2ccccc2)c2ccccc2)C(=O)N1C(C(=O)OC(c1ccccc1)c1ccccc1)=P(c1ccccc1)(c1ccccc1)c1ccccc1. The Balaban J connectivity index is 1.12. The fraction of sp³-hybridized carbons (Fsp3) is 0.127. The summed E-state index contributed by atoms with van der Waals surface area (Å²) in [5.41, 5.74) is 2.89. The Morgan fingerprint density at radius 3 is 1.35 bits per heavy atom. The number of nitrogens with one attached hydrogen (secondary N) is 1. The van der Waals surface area contributed by atoms with Crippen molar-refractivity contribution >= 4 is 69.5 Å². The Morgan fingerprint density at radius 2 is 0.949 bits per heavy atom. The number of tetrazole rings is 1. The van der Waals surface area contributed by atoms with Crippen molar-refractivity contribution in [3.05, 3.63) is 270 Å². The lowest BCUT2D eigenvalue weighted by Crippen LogP contribution is -2.75. The molecule has 394 valence electrons. The average Bonchev–Trinajstić information content (AvgIpc) is 4.06. The number of likely N-dealkylation sites (tertiary alicyclic amines) is 1. The molecule has 1 saturated heterocycles. The Morgan fingerprint density at radius 1 is 0.557 bits per heavy atom. The molecule has 0 spiro atoms. The highest BCUT2D eigenvalue weighted by Crippen LogP contribution is 2.49. The molecule has 1 aliphatic heterocycles. The molecule has 2 amide bonds. The molecule has 3 unspecified atom stereocenters. The van der Waals surface area contributed by atoms with Crippen LogP contribution in [0.25, 0.3) is 0 Å². The highest BCUT2D eigenvalue weighted by molar-refractivity contribution is 7.99. The molecule has 0 aliphatic carbocycles. The number of hydrogen-bond donors (Lipinski definition) is 1. The van der Waals surface area contributed by atoms with E-state index in [0.29, 0.717) is 48.9 Å². The maximum atomic E-state index is 16.3. The van der Waals surface area contributed by atoms with Crippen molar-refractivity contribution in [3.8, 4) is 0 Å². The first-order chi connectivity index (χ1) is 38.7. The first kappa shape index (κ1) is 53.4. The standard InChI is InChI=1S/C63H53N6O8PS/c1-68-63(65-66-67-68)79-43-49(70)42-75-59-54(64-57(71)53(44-26-10-2-11-27-44)61(73)76-55(45-28-12-3-13-29-45)46-30-14-4-15-31-46)58(72)69(59)60(62(74)77-56(47-32-16-5-17-33-47)48-34-18-6-19-35-48)78(50-36-20-7-21-37-50,51-38-22-8-23-39-51)52-40-24-9-25-41-52/h2-41,53-56,59H,42-43H2,1H3,(H,64,71). The topological polar surface area (TPSA) is 172 Å². The molecule has 0 saturated carbocycles. The van der Waals surface area contributed by atoms with E-state index in [4.69, 9.17) is 14.2 Å². The number of esters is 2. The summed E-state index contributed by atoms with van der Waals surface area (Å²) in [7, 11) is 1.65. The fourth-order valence-corrected chi connectivity index (χ4v) is 14.7. The Labute approximate surface area is 461 Å². The van der Waals surface area contributed by atoms with Gasteiger partial charge in [0.2, 0.25) is 11.1 Å². The third-order valence-corrected chi connectivity index (χ3v) is 18.7. The zero-order chi connectivity index (χ0) is 54.6. The molecule has 2 heterocycles. The van der Waals surface area contributed by atoms with Gasteiger partial charge in [0, 0.05) is 13.9 Å². The van der Waals surface area contributed by atoms with Crippen LogP contribution in [0.2, 0.25) is 0 Å². The van der Waals surface area contributed by atoms with Gasteiger partial charge in [-0.1, -0.05) is 254 Å². The van der Waals surface area contributed by atoms with Gasteiger partial charge < -0.3 is 19.5 Å². The summed E-state index contributed by atoms with van der Waals surface area (Å²) in [4.78, 5) is 77.5. The first-order valence-electron chi connectivity index (χ1n) is 25.4. The van der Waals surface area contributed by atoms with Gasteiger partial charge in [-0.05, 0) is 54.2 Å². The summed E-state index contributed by atoms with van der Waals surface area (Å²) < 4.78 is 21.2. The number of aryl methyl sites for hydroxylation is 1. The maximum Gasteiger partial charge on any atom is 0.357 e. The second-order valence-corrected chi connectivity index (χ2v) is 22.7. The van der Waals surface area contributed by atoms with Gasteiger partial charge in [0.15, 0.2) is 36.2 Å². The fourth-order valence-electron chi connectivity index (χ4n) is 9.66. The minimum atomic E-state index is -3.61. The number of nitrogens with zero attached hydrogens (tertiary/aromatic N) is 5. The number of ether oxygens (including phenoxy) is 3. The van der Waals surface area contributed by atoms with Crippen molar-refractivity contribution in [2.75, 3.05) is 12.4 Å². The molecule has 16 heteroatoms. The summed E-state index contributed by atoms with van der Waals surface area (Å²) >= 11 is 1.09. The van der Waals surface area contributed by atoms with Crippen LogP contribution in [0.4, 0.5) is 0 Å². The lowest BCUT2D eigenvalue weighted by Gasteiger charge is -2.49. The van der Waals surface area contributed by atoms with Crippen LogP contribution < -0.4 is 21.2 Å². The lowest BCUT2D eigenvalue weighted by atomic mass is 9.95. The molecule has 8 aromatic carbocycles. The van der Waals surface area contributed by atoms with Crippen molar-refractivity contribution in [1.29, 1.82) is 0 Å². The van der Waals surface area contributed by atoms with E-state index in [1.165, 1.54) is 9.58 Å². The van der Waals surface area contributed by atoms with E-state index in [1.807, 2.05) is 212 Å². The van der Waals surface area contributed by atoms with Crippen LogP contribution in [0.5, 0.6) is 0 Å². The van der Waals surface area contributed by atoms with Gasteiger partial charge in [-0.15, -0.1) is 5.10 Å². The Hall–Kier alpha value is -9.01. The first-order valence-corrected chi connectivity index (χ1v) is 28.2. The number of benzene rings is 8. The summed E-state index contributed by atoms with van der Waals surface area (Å²) in [5, 5.41) is 16.9. The summed E-state index contributed by atoms with van der Waals surface area (Å²) in [6, 6.07) is 72.2. The summed E-state index contributed by atoms with van der Waals surface area (Å²) in [6.45, 7) is -4.18. The number of aromatic nitrogens is 4. The molecular formula is C63H53N6O8PS. The van der Waals surface area contributed by atoms with Gasteiger partial charge in [0.05, 0.1) is 5.75 Å². The van der Waals surface area contributed by atoms with Gasteiger partial charge in [-0.2, -0.15) is 0 Å². The number of Topliss-reactive ketones (excluding diaryl/α,β-unsaturated/α-hetero) is 1. The van der Waals surface area contributed by atoms with Crippen molar-refractivity contribution in [2.45, 2.75) is 35.6 Å². The van der Waals surface area contributed by atoms with E-state index in [0.717, 1.165) is 11.8 Å². The van der Waals surface area contributed by atoms with Gasteiger partial charge in [0.1, 0.15) is 12.0 Å². The lowest BCUT2D eigenvalue weighted by molar-refractivity contribution is -0.175. The Bertz CT molecular complexity index is 3410. The number of carbonyl (C=O) groups is 5. The average molecular weight is 1090 g/mol. The van der Waals surface area contributed by atoms with Gasteiger partial charge >= 0.3 is 11.9 Å². The van der Waals surface area contributed by atoms with Crippen molar-refractivity contribution in [3.63, 3.8) is 0 Å². The van der Waals surface area contributed by atoms with E-state index in [1.54, 1.807) is 37.4 Å². The normalized spacial score (nSPS) is 14.5. The molecule has 1 fully saturated rings. The molecular weight excluding hydrogens is 1030 g/mol. The third kappa shape index (κ3) is 11.7. The number of amides is 2. The van der Waals surface area contributed by atoms with E-state index >= 15 is 14.4 Å². The highest BCUT2D eigenvalue weighted by Gasteiger charge is 2.56. The molecule has 1 N–H and O–H groups in total. The second-order valence-electron chi connectivity index (χ2n) is 18.4. The minimum Gasteiger partial charge on any atom is -0.452 e. The molecule has 3 atom stereocenters. The smallest absolute Gasteiger partial charge is 0.357 e. The predicted octanol–water partition coefficient (Wildman–Crippen LogP) is 8.11. The number of hydrogen-bond acceptors (Lipinski definition) is 12. The molecule has 9 aromatic rings. The molecule has 79 heavy (non-hydrogen) atoms. The monoisotopic (exact) mass is 1080 g/mol. The van der Waals surface area contributed by atoms with E-state index in [2.05, 4.69) is 20.8 Å². The zero-order valence-corrected chi connectivity index (χ0v) is 44.5. The van der Waals surface area contributed by atoms with Crippen LogP contribution in [0.3, 0.4) is 0 Å². The van der Waals surface area contributed by atoms with Gasteiger partial charge in [0.25, 0.3) is 5.91 Å². The third-order valence-electron chi connectivity index (χ3n) is 13.4. The van der Waals surface area contributed by atoms with Crippen LogP contribution in [-0.2, 0) is 45.2 Å². The minimum absolute atomic E-state index is 0.0759. The zero-order valence-electron chi connectivity index (χ0n) is 42.8. The van der Waals surface area contributed by atoms with Crippen LogP contribution in [0, 0.1) is 0 Å². The van der Waals surface area contributed by atoms with E-state index in [9.17, 15) is 9.59 Å². The molecule has 1 aliphatic rings. The quantitative estimate of drug-likeness (QED) is 0.0241. The molecule has 14 nitrogen and oxygen atoms in total. The number of β-lactam (4-membered cyclic amide) rings is 1. The summed E-state index contributed by atoms with van der Waals surface area (Å²) in [5.74, 6) is -5.53. The number of rotatable bonds is 21. The van der Waals surface area contributed by atoms with Crippen LogP contribution in [0.1, 0.15) is 45.9 Å². The predicted molar refractivity (Wildman–Crippen MR) is 304 cm³/mol. The van der Waals surface area contributed by atoms with E-state index in [-0.39, 0.29) is 11.2 Å². The van der Waals surface area contributed by atoms with Crippen LogP contribution in [0.15, 0.2) is 248 Å². The Kier molecular flexibility index (Phi) is 16.9. The van der Waals surface area contributed by atoms with Crippen LogP contribution in [-0.4, -0.2) is 84.7 Å². The highest BCUT2D eigenvalue weighted by atomic mass is 32.2. The van der Waals surface area contributed by atoms with Crippen molar-refractivity contribution < 1.29 is 38.2 Å². The molecule has 1 aromatic heterocycles. The molecule has 0 radical (unpaired) electrons. The van der Waals surface area contributed by atoms with Crippen molar-refractivity contribution in [1.82, 2.24) is 30.4 Å². The number of ketones is 1. The van der Waals surface area contributed by atoms with Gasteiger partial charge in [-0.3, -0.25) is 24.1 Å². The van der Waals surface area contributed by atoms with Crippen molar-refractivity contribution in [2.24, 2.45) is 7.05 Å². The number of thioether (sulfide) groups is 1. The van der Waals surface area contributed by atoms with Crippen LogP contribution >= 0.6 is 18.6 Å². The maximum absolute atomic E-state index is 16.3. The van der Waals surface area contributed by atoms with E-state index < -0.39 is 73.4 Å².